The van der Waals surface area contributed by atoms with Gasteiger partial charge in [-0.15, -0.1) is 0 Å². The maximum Gasteiger partial charge on any atom is 0.185 e. The monoisotopic (exact) mass is 296 g/mol. The van der Waals surface area contributed by atoms with Gasteiger partial charge < -0.3 is 9.80 Å². The number of aromatic nitrogens is 2. The summed E-state index contributed by atoms with van der Waals surface area (Å²) in [5, 5.41) is 18.9. The topological polar surface area (TPSA) is 79.8 Å². The lowest BCUT2D eigenvalue weighted by molar-refractivity contribution is 0.565. The smallest absolute Gasteiger partial charge is 0.185 e. The maximum absolute atomic E-state index is 9.45. The van der Waals surface area contributed by atoms with Crippen molar-refractivity contribution in [1.82, 2.24) is 9.97 Å². The standard InChI is InChI=1S/C16H20N6/c17-11-13-15(21-7-3-1-4-8-21)19-14(12-18)16(20-13)22-9-5-2-6-10-22/h1-10H2. The zero-order chi connectivity index (χ0) is 15.4. The highest BCUT2D eigenvalue weighted by Crippen LogP contribution is 2.27. The molecule has 0 saturated carbocycles. The van der Waals surface area contributed by atoms with E-state index in [1.54, 1.807) is 0 Å². The van der Waals surface area contributed by atoms with Crippen LogP contribution in [0.2, 0.25) is 0 Å². The Kier molecular flexibility index (Phi) is 4.39. The van der Waals surface area contributed by atoms with E-state index < -0.39 is 0 Å². The first-order chi connectivity index (χ1) is 10.8. The number of anilines is 2. The van der Waals surface area contributed by atoms with Crippen molar-refractivity contribution in [2.75, 3.05) is 36.0 Å². The van der Waals surface area contributed by atoms with E-state index in [2.05, 4.69) is 31.9 Å². The summed E-state index contributed by atoms with van der Waals surface area (Å²) in [6.07, 6.45) is 6.82. The van der Waals surface area contributed by atoms with Crippen LogP contribution in [-0.4, -0.2) is 36.1 Å². The first-order valence-electron chi connectivity index (χ1n) is 8.05. The lowest BCUT2D eigenvalue weighted by atomic mass is 10.1. The maximum atomic E-state index is 9.45. The van der Waals surface area contributed by atoms with Crippen LogP contribution in [0.3, 0.4) is 0 Å². The Morgan fingerprint density at radius 1 is 0.636 bits per heavy atom. The number of piperidine rings is 2. The molecule has 0 unspecified atom stereocenters. The average Bonchev–Trinajstić information content (AvgIpc) is 2.62. The van der Waals surface area contributed by atoms with Gasteiger partial charge in [-0.1, -0.05) is 0 Å². The van der Waals surface area contributed by atoms with E-state index in [9.17, 15) is 10.5 Å². The minimum atomic E-state index is 0.349. The zero-order valence-electron chi connectivity index (χ0n) is 12.8. The Bertz CT molecular complexity index is 559. The van der Waals surface area contributed by atoms with Gasteiger partial charge in [0, 0.05) is 26.2 Å². The van der Waals surface area contributed by atoms with Crippen LogP contribution in [-0.2, 0) is 0 Å². The third kappa shape index (κ3) is 2.82. The van der Waals surface area contributed by atoms with Crippen molar-refractivity contribution in [3.8, 4) is 12.1 Å². The van der Waals surface area contributed by atoms with Crippen LogP contribution < -0.4 is 9.80 Å². The molecule has 0 spiro atoms. The number of hydrogen-bond donors (Lipinski definition) is 0. The largest absolute Gasteiger partial charge is 0.354 e. The molecule has 1 aromatic rings. The van der Waals surface area contributed by atoms with Gasteiger partial charge in [-0.05, 0) is 38.5 Å². The van der Waals surface area contributed by atoms with Crippen molar-refractivity contribution in [2.45, 2.75) is 38.5 Å². The van der Waals surface area contributed by atoms with Crippen LogP contribution in [0.25, 0.3) is 0 Å². The van der Waals surface area contributed by atoms with Gasteiger partial charge in [0.1, 0.15) is 12.1 Å². The van der Waals surface area contributed by atoms with Crippen molar-refractivity contribution < 1.29 is 0 Å². The third-order valence-corrected chi connectivity index (χ3v) is 4.38. The van der Waals surface area contributed by atoms with E-state index in [4.69, 9.17) is 0 Å². The van der Waals surface area contributed by atoms with Crippen LogP contribution in [0, 0.1) is 22.7 Å². The molecule has 0 amide bonds. The van der Waals surface area contributed by atoms with Gasteiger partial charge in [-0.25, -0.2) is 9.97 Å². The lowest BCUT2D eigenvalue weighted by Crippen LogP contribution is -2.34. The van der Waals surface area contributed by atoms with Crippen molar-refractivity contribution >= 4 is 11.6 Å². The van der Waals surface area contributed by atoms with Crippen LogP contribution in [0.15, 0.2) is 0 Å². The van der Waals surface area contributed by atoms with E-state index in [0.717, 1.165) is 51.9 Å². The molecule has 3 heterocycles. The molecule has 0 N–H and O–H groups in total. The first-order valence-corrected chi connectivity index (χ1v) is 8.05. The van der Waals surface area contributed by atoms with E-state index in [1.165, 1.54) is 12.8 Å². The quantitative estimate of drug-likeness (QED) is 0.832. The summed E-state index contributed by atoms with van der Waals surface area (Å²) in [7, 11) is 0. The SMILES string of the molecule is N#Cc1nc(N2CCCCC2)c(C#N)nc1N1CCCCC1. The van der Waals surface area contributed by atoms with E-state index in [0.29, 0.717) is 23.0 Å². The van der Waals surface area contributed by atoms with Crippen molar-refractivity contribution in [3.05, 3.63) is 11.4 Å². The highest BCUT2D eigenvalue weighted by atomic mass is 15.2. The molecule has 0 bridgehead atoms. The summed E-state index contributed by atoms with van der Waals surface area (Å²) >= 11 is 0. The van der Waals surface area contributed by atoms with Crippen LogP contribution in [0.4, 0.5) is 11.6 Å². The van der Waals surface area contributed by atoms with E-state index >= 15 is 0 Å². The minimum absolute atomic E-state index is 0.349. The Hall–Kier alpha value is -2.34. The van der Waals surface area contributed by atoms with Gasteiger partial charge in [-0.3, -0.25) is 0 Å². The fourth-order valence-corrected chi connectivity index (χ4v) is 3.22. The van der Waals surface area contributed by atoms with Crippen LogP contribution in [0.1, 0.15) is 49.9 Å². The number of rotatable bonds is 2. The van der Waals surface area contributed by atoms with E-state index in [-0.39, 0.29) is 0 Å². The fourth-order valence-electron chi connectivity index (χ4n) is 3.22. The zero-order valence-corrected chi connectivity index (χ0v) is 12.8. The molecule has 1 aromatic heterocycles. The van der Waals surface area contributed by atoms with Crippen LogP contribution >= 0.6 is 0 Å². The summed E-state index contributed by atoms with van der Waals surface area (Å²) in [4.78, 5) is 13.2. The first kappa shape index (κ1) is 14.6. The minimum Gasteiger partial charge on any atom is -0.354 e. The van der Waals surface area contributed by atoms with E-state index in [1.807, 2.05) is 0 Å². The number of hydrogen-bond acceptors (Lipinski definition) is 6. The molecule has 2 fully saturated rings. The van der Waals surface area contributed by atoms with Crippen molar-refractivity contribution in [2.24, 2.45) is 0 Å². The van der Waals surface area contributed by atoms with Gasteiger partial charge in [-0.2, -0.15) is 10.5 Å². The summed E-state index contributed by atoms with van der Waals surface area (Å²) in [6, 6.07) is 4.34. The molecule has 2 aliphatic rings. The molecule has 0 aliphatic carbocycles. The molecule has 0 radical (unpaired) electrons. The summed E-state index contributed by atoms with van der Waals surface area (Å²) in [6.45, 7) is 3.54. The van der Waals surface area contributed by atoms with Gasteiger partial charge >= 0.3 is 0 Å². The average molecular weight is 296 g/mol. The Morgan fingerprint density at radius 2 is 1.00 bits per heavy atom. The van der Waals surface area contributed by atoms with Gasteiger partial charge in [0.05, 0.1) is 0 Å². The van der Waals surface area contributed by atoms with Crippen LogP contribution in [0.5, 0.6) is 0 Å². The molecule has 114 valence electrons. The predicted molar refractivity (Wildman–Crippen MR) is 83.6 cm³/mol. The van der Waals surface area contributed by atoms with Gasteiger partial charge in [0.15, 0.2) is 23.0 Å². The Morgan fingerprint density at radius 3 is 1.32 bits per heavy atom. The Balaban J connectivity index is 1.98. The highest BCUT2D eigenvalue weighted by molar-refractivity contribution is 5.60. The predicted octanol–water partition coefficient (Wildman–Crippen LogP) is 2.20. The molecule has 6 nitrogen and oxygen atoms in total. The third-order valence-electron chi connectivity index (χ3n) is 4.38. The molecular formula is C16H20N6. The highest BCUT2D eigenvalue weighted by Gasteiger charge is 2.23. The number of nitrogens with zero attached hydrogens (tertiary/aromatic N) is 6. The number of nitriles is 2. The van der Waals surface area contributed by atoms with Crippen molar-refractivity contribution in [1.29, 1.82) is 10.5 Å². The second kappa shape index (κ2) is 6.62. The lowest BCUT2D eigenvalue weighted by Gasteiger charge is -2.31. The van der Waals surface area contributed by atoms with Gasteiger partial charge in [0.25, 0.3) is 0 Å². The molecule has 6 heteroatoms. The fraction of sp³-hybridized carbons (Fsp3) is 0.625. The molecule has 2 saturated heterocycles. The summed E-state index contributed by atoms with van der Waals surface area (Å²) < 4.78 is 0. The molecule has 3 rings (SSSR count). The molecule has 0 atom stereocenters. The molecule has 22 heavy (non-hydrogen) atoms. The normalized spacial score (nSPS) is 18.6. The molecule has 2 aliphatic heterocycles. The molecule has 0 aromatic carbocycles. The van der Waals surface area contributed by atoms with Gasteiger partial charge in [0.2, 0.25) is 0 Å². The summed E-state index contributed by atoms with van der Waals surface area (Å²) in [5.41, 5.74) is 0.697. The second-order valence-corrected chi connectivity index (χ2v) is 5.89. The summed E-state index contributed by atoms with van der Waals surface area (Å²) in [5.74, 6) is 1.17. The second-order valence-electron chi connectivity index (χ2n) is 5.89. The Labute approximate surface area is 131 Å². The van der Waals surface area contributed by atoms with Crippen molar-refractivity contribution in [3.63, 3.8) is 0 Å². The molecular weight excluding hydrogens is 276 g/mol.